The van der Waals surface area contributed by atoms with Gasteiger partial charge in [-0.25, -0.2) is 0 Å². The minimum atomic E-state index is 0.0915. The fourth-order valence-corrected chi connectivity index (χ4v) is 1.05. The van der Waals surface area contributed by atoms with Gasteiger partial charge >= 0.3 is 0 Å². The highest BCUT2D eigenvalue weighted by atomic mass is 16.1. The standard InChI is InChI=1S/C11H12O/c1-8(2)6-10-4-5-11(12)9(3)7-10/h4-7H,1H2,2-3H3. The zero-order chi connectivity index (χ0) is 9.14. The first-order valence-corrected chi connectivity index (χ1v) is 3.87. The van der Waals surface area contributed by atoms with Crippen molar-refractivity contribution < 1.29 is 4.79 Å². The molecule has 62 valence electrons. The molecule has 0 atom stereocenters. The summed E-state index contributed by atoms with van der Waals surface area (Å²) >= 11 is 0. The molecule has 0 amide bonds. The maximum absolute atomic E-state index is 11.0. The molecule has 0 fully saturated rings. The Hall–Kier alpha value is -1.37. The van der Waals surface area contributed by atoms with E-state index in [2.05, 4.69) is 6.58 Å². The van der Waals surface area contributed by atoms with Crippen LogP contribution in [0.1, 0.15) is 13.8 Å². The number of carbonyl (C=O) groups is 1. The number of ketones is 1. The summed E-state index contributed by atoms with van der Waals surface area (Å²) in [4.78, 5) is 11.0. The largest absolute Gasteiger partial charge is 0.290 e. The van der Waals surface area contributed by atoms with E-state index in [1.807, 2.05) is 32.1 Å². The van der Waals surface area contributed by atoms with E-state index >= 15 is 0 Å². The number of carbonyl (C=O) groups excluding carboxylic acids is 1. The minimum Gasteiger partial charge on any atom is -0.290 e. The Kier molecular flexibility index (Phi) is 2.44. The predicted molar refractivity (Wildman–Crippen MR) is 50.8 cm³/mol. The van der Waals surface area contributed by atoms with E-state index in [1.54, 1.807) is 6.08 Å². The second kappa shape index (κ2) is 3.35. The number of hydrogen-bond acceptors (Lipinski definition) is 1. The molecule has 1 rings (SSSR count). The van der Waals surface area contributed by atoms with Crippen LogP contribution in [0.2, 0.25) is 0 Å². The lowest BCUT2D eigenvalue weighted by Crippen LogP contribution is -1.99. The average Bonchev–Trinajstić information content (AvgIpc) is 1.96. The quantitative estimate of drug-likeness (QED) is 0.576. The van der Waals surface area contributed by atoms with Crippen molar-refractivity contribution in [2.45, 2.75) is 13.8 Å². The molecule has 0 saturated carbocycles. The molecule has 0 aromatic heterocycles. The molecule has 0 aromatic carbocycles. The lowest BCUT2D eigenvalue weighted by Gasteiger charge is -2.03. The highest BCUT2D eigenvalue weighted by molar-refractivity contribution is 6.05. The van der Waals surface area contributed by atoms with Crippen LogP contribution >= 0.6 is 0 Å². The molecule has 1 heteroatoms. The molecule has 0 heterocycles. The lowest BCUT2D eigenvalue weighted by atomic mass is 10.0. The Morgan fingerprint density at radius 2 is 2.17 bits per heavy atom. The SMILES string of the molecule is C=C(C)C=C1C=CC(=O)C(C)=C1. The summed E-state index contributed by atoms with van der Waals surface area (Å²) in [5.41, 5.74) is 2.82. The van der Waals surface area contributed by atoms with Crippen molar-refractivity contribution in [3.63, 3.8) is 0 Å². The molecule has 0 saturated heterocycles. The molecule has 0 unspecified atom stereocenters. The van der Waals surface area contributed by atoms with E-state index in [0.717, 1.165) is 16.7 Å². The number of rotatable bonds is 1. The van der Waals surface area contributed by atoms with Crippen LogP contribution in [0.25, 0.3) is 0 Å². The van der Waals surface area contributed by atoms with Gasteiger partial charge in [0.15, 0.2) is 5.78 Å². The van der Waals surface area contributed by atoms with E-state index in [0.29, 0.717) is 0 Å². The van der Waals surface area contributed by atoms with E-state index in [9.17, 15) is 4.79 Å². The first kappa shape index (κ1) is 8.72. The molecular formula is C11H12O. The number of allylic oxidation sites excluding steroid dienone is 7. The summed E-state index contributed by atoms with van der Waals surface area (Å²) in [5.74, 6) is 0.0915. The van der Waals surface area contributed by atoms with Crippen molar-refractivity contribution in [2.75, 3.05) is 0 Å². The summed E-state index contributed by atoms with van der Waals surface area (Å²) in [7, 11) is 0. The molecule has 12 heavy (non-hydrogen) atoms. The molecule has 0 spiro atoms. The van der Waals surface area contributed by atoms with Crippen molar-refractivity contribution >= 4 is 5.78 Å². The van der Waals surface area contributed by atoms with Crippen LogP contribution < -0.4 is 0 Å². The summed E-state index contributed by atoms with van der Waals surface area (Å²) in [5, 5.41) is 0. The normalized spacial score (nSPS) is 19.7. The topological polar surface area (TPSA) is 17.1 Å². The van der Waals surface area contributed by atoms with Gasteiger partial charge in [0.1, 0.15) is 0 Å². The van der Waals surface area contributed by atoms with Gasteiger partial charge in [0.25, 0.3) is 0 Å². The maximum atomic E-state index is 11.0. The fraction of sp³-hybridized carbons (Fsp3) is 0.182. The molecular weight excluding hydrogens is 148 g/mol. The molecule has 1 nitrogen and oxygen atoms in total. The third-order valence-corrected chi connectivity index (χ3v) is 1.61. The van der Waals surface area contributed by atoms with Crippen LogP contribution in [0, 0.1) is 0 Å². The third-order valence-electron chi connectivity index (χ3n) is 1.61. The Balaban J connectivity index is 2.93. The average molecular weight is 160 g/mol. The molecule has 0 bridgehead atoms. The molecule has 0 N–H and O–H groups in total. The summed E-state index contributed by atoms with van der Waals surface area (Å²) in [6, 6.07) is 0. The van der Waals surface area contributed by atoms with Gasteiger partial charge < -0.3 is 0 Å². The smallest absolute Gasteiger partial charge is 0.181 e. The van der Waals surface area contributed by atoms with Gasteiger partial charge in [-0.05, 0) is 37.1 Å². The molecule has 1 aliphatic rings. The number of hydrogen-bond donors (Lipinski definition) is 0. The van der Waals surface area contributed by atoms with E-state index in [4.69, 9.17) is 0 Å². The second-order valence-electron chi connectivity index (χ2n) is 3.02. The zero-order valence-corrected chi connectivity index (χ0v) is 7.42. The van der Waals surface area contributed by atoms with Crippen molar-refractivity contribution in [3.8, 4) is 0 Å². The van der Waals surface area contributed by atoms with Crippen molar-refractivity contribution in [3.05, 3.63) is 47.6 Å². The summed E-state index contributed by atoms with van der Waals surface area (Å²) < 4.78 is 0. The van der Waals surface area contributed by atoms with Gasteiger partial charge in [-0.3, -0.25) is 4.79 Å². The predicted octanol–water partition coefficient (Wildman–Crippen LogP) is 2.57. The lowest BCUT2D eigenvalue weighted by molar-refractivity contribution is -0.111. The third kappa shape index (κ3) is 2.06. The van der Waals surface area contributed by atoms with Gasteiger partial charge in [0.05, 0.1) is 0 Å². The summed E-state index contributed by atoms with van der Waals surface area (Å²) in [6.45, 7) is 7.52. The molecule has 0 aliphatic heterocycles. The Morgan fingerprint density at radius 1 is 1.50 bits per heavy atom. The van der Waals surface area contributed by atoms with Gasteiger partial charge in [-0.2, -0.15) is 0 Å². The molecule has 0 radical (unpaired) electrons. The van der Waals surface area contributed by atoms with Gasteiger partial charge in [-0.15, -0.1) is 0 Å². The highest BCUT2D eigenvalue weighted by Crippen LogP contribution is 2.13. The van der Waals surface area contributed by atoms with Crippen LogP contribution in [-0.2, 0) is 4.79 Å². The van der Waals surface area contributed by atoms with E-state index in [-0.39, 0.29) is 5.78 Å². The highest BCUT2D eigenvalue weighted by Gasteiger charge is 2.04. The van der Waals surface area contributed by atoms with Crippen molar-refractivity contribution in [2.24, 2.45) is 0 Å². The fourth-order valence-electron chi connectivity index (χ4n) is 1.05. The monoisotopic (exact) mass is 160 g/mol. The van der Waals surface area contributed by atoms with E-state index < -0.39 is 0 Å². The van der Waals surface area contributed by atoms with Crippen LogP contribution in [0.15, 0.2) is 47.6 Å². The van der Waals surface area contributed by atoms with Crippen LogP contribution in [0.3, 0.4) is 0 Å². The summed E-state index contributed by atoms with van der Waals surface area (Å²) in [6.07, 6.45) is 7.22. The molecule has 1 aliphatic carbocycles. The Labute approximate surface area is 72.8 Å². The van der Waals surface area contributed by atoms with Gasteiger partial charge in [0, 0.05) is 0 Å². The maximum Gasteiger partial charge on any atom is 0.181 e. The Morgan fingerprint density at radius 3 is 2.67 bits per heavy atom. The minimum absolute atomic E-state index is 0.0915. The van der Waals surface area contributed by atoms with Crippen molar-refractivity contribution in [1.29, 1.82) is 0 Å². The Bertz CT molecular complexity index is 314. The molecule has 0 aromatic rings. The van der Waals surface area contributed by atoms with Crippen LogP contribution in [0.5, 0.6) is 0 Å². The van der Waals surface area contributed by atoms with Crippen LogP contribution in [-0.4, -0.2) is 5.78 Å². The zero-order valence-electron chi connectivity index (χ0n) is 7.42. The van der Waals surface area contributed by atoms with Gasteiger partial charge in [-0.1, -0.05) is 24.3 Å². The van der Waals surface area contributed by atoms with Crippen molar-refractivity contribution in [1.82, 2.24) is 0 Å². The second-order valence-corrected chi connectivity index (χ2v) is 3.02. The van der Waals surface area contributed by atoms with E-state index in [1.165, 1.54) is 0 Å². The van der Waals surface area contributed by atoms with Crippen LogP contribution in [0.4, 0.5) is 0 Å². The first-order valence-electron chi connectivity index (χ1n) is 3.87. The first-order chi connectivity index (χ1) is 5.59. The van der Waals surface area contributed by atoms with Gasteiger partial charge in [0.2, 0.25) is 0 Å².